The first-order chi connectivity index (χ1) is 10.7. The summed E-state index contributed by atoms with van der Waals surface area (Å²) in [6, 6.07) is 0. The number of carbonyl (C=O) groups excluding carboxylic acids is 1. The van der Waals surface area contributed by atoms with Crippen LogP contribution in [0.4, 0.5) is 0 Å². The zero-order valence-electron chi connectivity index (χ0n) is 14.1. The SMILES string of the molecule is NCCCCCCCNC(=O)CC12CC3CC(CC(C3)C1)C2. The van der Waals surface area contributed by atoms with Crippen molar-refractivity contribution in [2.24, 2.45) is 28.9 Å². The van der Waals surface area contributed by atoms with Crippen LogP contribution in [-0.4, -0.2) is 19.0 Å². The Morgan fingerprint density at radius 1 is 0.909 bits per heavy atom. The molecule has 126 valence electrons. The van der Waals surface area contributed by atoms with E-state index in [-0.39, 0.29) is 0 Å². The van der Waals surface area contributed by atoms with Crippen LogP contribution in [0, 0.1) is 23.2 Å². The molecule has 0 aliphatic heterocycles. The van der Waals surface area contributed by atoms with E-state index in [0.717, 1.165) is 50.1 Å². The maximum atomic E-state index is 12.3. The molecule has 0 radical (unpaired) electrons. The second kappa shape index (κ2) is 7.33. The molecule has 0 aromatic rings. The van der Waals surface area contributed by atoms with Crippen molar-refractivity contribution in [2.75, 3.05) is 13.1 Å². The monoisotopic (exact) mass is 306 g/mol. The topological polar surface area (TPSA) is 55.1 Å². The van der Waals surface area contributed by atoms with Crippen LogP contribution >= 0.6 is 0 Å². The molecular weight excluding hydrogens is 272 g/mol. The largest absolute Gasteiger partial charge is 0.356 e. The summed E-state index contributed by atoms with van der Waals surface area (Å²) in [5.41, 5.74) is 5.88. The van der Waals surface area contributed by atoms with Gasteiger partial charge in [0.15, 0.2) is 0 Å². The van der Waals surface area contributed by atoms with Gasteiger partial charge in [-0.25, -0.2) is 0 Å². The Balaban J connectivity index is 1.34. The van der Waals surface area contributed by atoms with Crippen molar-refractivity contribution in [3.63, 3.8) is 0 Å². The predicted octanol–water partition coefficient (Wildman–Crippen LogP) is 3.62. The standard InChI is InChI=1S/C19H34N2O/c20-6-4-2-1-3-5-7-21-18(22)14-19-11-15-8-16(12-19)10-17(9-15)13-19/h15-17H,1-14,20H2,(H,21,22). The molecule has 4 aliphatic rings. The van der Waals surface area contributed by atoms with E-state index in [1.54, 1.807) is 0 Å². The highest BCUT2D eigenvalue weighted by atomic mass is 16.1. The molecule has 4 bridgehead atoms. The van der Waals surface area contributed by atoms with Gasteiger partial charge in [0.05, 0.1) is 0 Å². The molecule has 0 aromatic carbocycles. The van der Waals surface area contributed by atoms with Crippen LogP contribution < -0.4 is 11.1 Å². The van der Waals surface area contributed by atoms with E-state index < -0.39 is 0 Å². The molecule has 0 saturated heterocycles. The summed E-state index contributed by atoms with van der Waals surface area (Å²) >= 11 is 0. The molecule has 3 nitrogen and oxygen atoms in total. The number of nitrogens with one attached hydrogen (secondary N) is 1. The fraction of sp³-hybridized carbons (Fsp3) is 0.947. The summed E-state index contributed by atoms with van der Waals surface area (Å²) in [6.45, 7) is 1.68. The Labute approximate surface area is 135 Å². The quantitative estimate of drug-likeness (QED) is 0.639. The van der Waals surface area contributed by atoms with Crippen LogP contribution in [-0.2, 0) is 4.79 Å². The fourth-order valence-electron chi connectivity index (χ4n) is 5.94. The minimum atomic E-state index is 0.323. The van der Waals surface area contributed by atoms with Gasteiger partial charge in [0, 0.05) is 13.0 Å². The third-order valence-electron chi connectivity index (χ3n) is 6.40. The first-order valence-corrected chi connectivity index (χ1v) is 9.66. The maximum absolute atomic E-state index is 12.3. The molecule has 0 heterocycles. The summed E-state index contributed by atoms with van der Waals surface area (Å²) in [5.74, 6) is 3.16. The smallest absolute Gasteiger partial charge is 0.220 e. The van der Waals surface area contributed by atoms with Gasteiger partial charge in [-0.3, -0.25) is 4.79 Å². The lowest BCUT2D eigenvalue weighted by atomic mass is 9.49. The molecule has 4 saturated carbocycles. The molecule has 22 heavy (non-hydrogen) atoms. The van der Waals surface area contributed by atoms with Gasteiger partial charge in [-0.05, 0) is 81.1 Å². The highest BCUT2D eigenvalue weighted by molar-refractivity contribution is 5.76. The normalized spacial score (nSPS) is 35.8. The van der Waals surface area contributed by atoms with Crippen molar-refractivity contribution in [2.45, 2.75) is 77.0 Å². The van der Waals surface area contributed by atoms with Crippen LogP contribution in [0.25, 0.3) is 0 Å². The zero-order valence-corrected chi connectivity index (χ0v) is 14.1. The van der Waals surface area contributed by atoms with Gasteiger partial charge in [0.2, 0.25) is 5.91 Å². The van der Waals surface area contributed by atoms with E-state index in [0.29, 0.717) is 11.3 Å². The van der Waals surface area contributed by atoms with Crippen molar-refractivity contribution in [1.82, 2.24) is 5.32 Å². The van der Waals surface area contributed by atoms with Crippen LogP contribution in [0.3, 0.4) is 0 Å². The Morgan fingerprint density at radius 2 is 1.45 bits per heavy atom. The van der Waals surface area contributed by atoms with Crippen molar-refractivity contribution >= 4 is 5.91 Å². The third kappa shape index (κ3) is 4.04. The van der Waals surface area contributed by atoms with Crippen molar-refractivity contribution in [3.8, 4) is 0 Å². The number of hydrogen-bond acceptors (Lipinski definition) is 2. The Bertz CT molecular complexity index is 344. The van der Waals surface area contributed by atoms with Crippen LogP contribution in [0.1, 0.15) is 77.0 Å². The van der Waals surface area contributed by atoms with Crippen LogP contribution in [0.2, 0.25) is 0 Å². The minimum absolute atomic E-state index is 0.323. The molecule has 3 heteroatoms. The summed E-state index contributed by atoms with van der Waals surface area (Å²) < 4.78 is 0. The lowest BCUT2D eigenvalue weighted by Crippen LogP contribution is -2.48. The molecule has 0 aromatic heterocycles. The number of hydrogen-bond donors (Lipinski definition) is 2. The lowest BCUT2D eigenvalue weighted by Gasteiger charge is -2.56. The van der Waals surface area contributed by atoms with Crippen molar-refractivity contribution in [3.05, 3.63) is 0 Å². The van der Waals surface area contributed by atoms with Gasteiger partial charge in [0.25, 0.3) is 0 Å². The van der Waals surface area contributed by atoms with Gasteiger partial charge < -0.3 is 11.1 Å². The molecule has 3 N–H and O–H groups in total. The fourth-order valence-corrected chi connectivity index (χ4v) is 5.94. The van der Waals surface area contributed by atoms with Gasteiger partial charge in [0.1, 0.15) is 0 Å². The van der Waals surface area contributed by atoms with E-state index in [1.165, 1.54) is 57.8 Å². The molecule has 0 atom stereocenters. The first-order valence-electron chi connectivity index (χ1n) is 9.66. The summed E-state index contributed by atoms with van der Waals surface area (Å²) in [7, 11) is 0. The predicted molar refractivity (Wildman–Crippen MR) is 90.4 cm³/mol. The Morgan fingerprint density at radius 3 is 2.05 bits per heavy atom. The highest BCUT2D eigenvalue weighted by Gasteiger charge is 2.51. The second-order valence-electron chi connectivity index (χ2n) is 8.50. The number of carbonyl (C=O) groups is 1. The molecule has 1 amide bonds. The lowest BCUT2D eigenvalue weighted by molar-refractivity contribution is -0.129. The number of amides is 1. The van der Waals surface area contributed by atoms with Gasteiger partial charge in [-0.2, -0.15) is 0 Å². The first kappa shape index (κ1) is 16.3. The summed E-state index contributed by atoms with van der Waals surface area (Å²) in [5, 5.41) is 3.18. The summed E-state index contributed by atoms with van der Waals surface area (Å²) in [4.78, 5) is 12.3. The van der Waals surface area contributed by atoms with Gasteiger partial charge in [-0.1, -0.05) is 19.3 Å². The Kier molecular flexibility index (Phi) is 5.43. The van der Waals surface area contributed by atoms with E-state index in [4.69, 9.17) is 5.73 Å². The van der Waals surface area contributed by atoms with Crippen LogP contribution in [0.15, 0.2) is 0 Å². The molecule has 0 spiro atoms. The average Bonchev–Trinajstić information content (AvgIpc) is 2.44. The minimum Gasteiger partial charge on any atom is -0.356 e. The van der Waals surface area contributed by atoms with E-state index in [2.05, 4.69) is 5.32 Å². The van der Waals surface area contributed by atoms with Crippen LogP contribution in [0.5, 0.6) is 0 Å². The van der Waals surface area contributed by atoms with Gasteiger partial charge >= 0.3 is 0 Å². The van der Waals surface area contributed by atoms with E-state index >= 15 is 0 Å². The molecular formula is C19H34N2O. The number of nitrogens with two attached hydrogens (primary N) is 1. The Hall–Kier alpha value is -0.570. The van der Waals surface area contributed by atoms with Crippen molar-refractivity contribution in [1.29, 1.82) is 0 Å². The number of rotatable bonds is 9. The highest BCUT2D eigenvalue weighted by Crippen LogP contribution is 2.61. The molecule has 4 rings (SSSR count). The maximum Gasteiger partial charge on any atom is 0.220 e. The van der Waals surface area contributed by atoms with Crippen molar-refractivity contribution < 1.29 is 4.79 Å². The molecule has 0 unspecified atom stereocenters. The summed E-state index contributed by atoms with van der Waals surface area (Å²) in [6.07, 6.45) is 15.2. The van der Waals surface area contributed by atoms with Gasteiger partial charge in [-0.15, -0.1) is 0 Å². The van der Waals surface area contributed by atoms with E-state index in [1.807, 2.05) is 0 Å². The number of unbranched alkanes of at least 4 members (excludes halogenated alkanes) is 4. The zero-order chi connectivity index (χ0) is 15.4. The third-order valence-corrected chi connectivity index (χ3v) is 6.40. The molecule has 4 aliphatic carbocycles. The van der Waals surface area contributed by atoms with E-state index in [9.17, 15) is 4.79 Å². The average molecular weight is 306 g/mol. The molecule has 4 fully saturated rings. The second-order valence-corrected chi connectivity index (χ2v) is 8.50.